The Balaban J connectivity index is 3.21. The summed E-state index contributed by atoms with van der Waals surface area (Å²) in [4.78, 5) is 0. The highest BCUT2D eigenvalue weighted by Gasteiger charge is 2.37. The van der Waals surface area contributed by atoms with Gasteiger partial charge in [0.05, 0.1) is 14.8 Å². The van der Waals surface area contributed by atoms with E-state index in [2.05, 4.69) is 0 Å². The lowest BCUT2D eigenvalue weighted by Crippen LogP contribution is -2.42. The lowest BCUT2D eigenvalue weighted by atomic mass is 9.96. The van der Waals surface area contributed by atoms with Crippen molar-refractivity contribution < 1.29 is 8.42 Å². The molecule has 1 aromatic rings. The summed E-state index contributed by atoms with van der Waals surface area (Å²) in [5.74, 6) is 0. The van der Waals surface area contributed by atoms with Crippen LogP contribution in [-0.4, -0.2) is 19.4 Å². The van der Waals surface area contributed by atoms with E-state index >= 15 is 0 Å². The molecular weight excluding hydrogens is 281 g/mol. The molecule has 0 spiro atoms. The van der Waals surface area contributed by atoms with Crippen LogP contribution in [0.1, 0.15) is 25.5 Å². The Labute approximate surface area is 112 Å². The van der Waals surface area contributed by atoms with E-state index in [9.17, 15) is 8.42 Å². The first-order valence-corrected chi connectivity index (χ1v) is 7.62. The zero-order chi connectivity index (χ0) is 13.4. The maximum absolute atomic E-state index is 11.7. The number of sulfone groups is 1. The molecule has 0 radical (unpaired) electrons. The SMILES string of the molecule is CC(C)(C(N)c1ccc(Cl)c(Cl)c1)S(C)(=O)=O. The Bertz CT molecular complexity index is 526. The van der Waals surface area contributed by atoms with Crippen molar-refractivity contribution >= 4 is 33.0 Å². The van der Waals surface area contributed by atoms with Gasteiger partial charge < -0.3 is 5.73 Å². The van der Waals surface area contributed by atoms with Gasteiger partial charge in [-0.3, -0.25) is 0 Å². The number of halogens is 2. The Morgan fingerprint density at radius 1 is 1.24 bits per heavy atom. The molecule has 1 rings (SSSR count). The largest absolute Gasteiger partial charge is 0.323 e. The third-order valence-corrected chi connectivity index (χ3v) is 5.91. The van der Waals surface area contributed by atoms with Gasteiger partial charge in [0.25, 0.3) is 0 Å². The van der Waals surface area contributed by atoms with E-state index in [-0.39, 0.29) is 0 Å². The van der Waals surface area contributed by atoms with Crippen LogP contribution < -0.4 is 5.73 Å². The third kappa shape index (κ3) is 2.94. The molecule has 0 saturated heterocycles. The van der Waals surface area contributed by atoms with Crippen molar-refractivity contribution in [3.63, 3.8) is 0 Å². The summed E-state index contributed by atoms with van der Waals surface area (Å²) in [6, 6.07) is 4.23. The average Bonchev–Trinajstić information content (AvgIpc) is 2.19. The van der Waals surface area contributed by atoms with Gasteiger partial charge >= 0.3 is 0 Å². The molecule has 1 unspecified atom stereocenters. The highest BCUT2D eigenvalue weighted by Crippen LogP contribution is 2.33. The van der Waals surface area contributed by atoms with E-state index in [4.69, 9.17) is 28.9 Å². The second kappa shape index (κ2) is 4.76. The predicted octanol–water partition coefficient (Wildman–Crippen LogP) is 2.82. The van der Waals surface area contributed by atoms with Gasteiger partial charge in [-0.05, 0) is 31.5 Å². The van der Waals surface area contributed by atoms with Gasteiger partial charge in [0, 0.05) is 12.3 Å². The van der Waals surface area contributed by atoms with E-state index in [0.717, 1.165) is 0 Å². The molecule has 17 heavy (non-hydrogen) atoms. The summed E-state index contributed by atoms with van der Waals surface area (Å²) < 4.78 is 22.3. The first-order valence-electron chi connectivity index (χ1n) is 4.97. The Kier molecular flexibility index (Phi) is 4.14. The van der Waals surface area contributed by atoms with Crippen LogP contribution in [-0.2, 0) is 9.84 Å². The number of benzene rings is 1. The summed E-state index contributed by atoms with van der Waals surface area (Å²) in [7, 11) is -3.27. The maximum Gasteiger partial charge on any atom is 0.154 e. The van der Waals surface area contributed by atoms with Gasteiger partial charge in [-0.1, -0.05) is 29.3 Å². The number of hydrogen-bond donors (Lipinski definition) is 1. The quantitative estimate of drug-likeness (QED) is 0.933. The molecule has 0 bridgehead atoms. The normalized spacial score (nSPS) is 14.7. The van der Waals surface area contributed by atoms with E-state index < -0.39 is 20.6 Å². The summed E-state index contributed by atoms with van der Waals surface area (Å²) in [6.07, 6.45) is 1.17. The fourth-order valence-corrected chi connectivity index (χ4v) is 2.24. The number of nitrogens with two attached hydrogens (primary N) is 1. The monoisotopic (exact) mass is 295 g/mol. The van der Waals surface area contributed by atoms with Crippen molar-refractivity contribution in [1.82, 2.24) is 0 Å². The van der Waals surface area contributed by atoms with Crippen molar-refractivity contribution in [3.8, 4) is 0 Å². The smallest absolute Gasteiger partial charge is 0.154 e. The standard InChI is InChI=1S/C11H15Cl2NO2S/c1-11(2,17(3,15)16)10(14)7-4-5-8(12)9(13)6-7/h4-6,10H,14H2,1-3H3. The molecule has 2 N–H and O–H groups in total. The highest BCUT2D eigenvalue weighted by molar-refractivity contribution is 7.92. The first-order chi connectivity index (χ1) is 7.57. The van der Waals surface area contributed by atoms with Crippen LogP contribution >= 0.6 is 23.2 Å². The highest BCUT2D eigenvalue weighted by atomic mass is 35.5. The molecule has 0 aliphatic rings. The molecule has 0 fully saturated rings. The van der Waals surface area contributed by atoms with Crippen molar-refractivity contribution in [2.45, 2.75) is 24.6 Å². The molecule has 0 amide bonds. The van der Waals surface area contributed by atoms with E-state index in [1.165, 1.54) is 6.26 Å². The molecule has 0 aromatic heterocycles. The molecule has 96 valence electrons. The predicted molar refractivity (Wildman–Crippen MR) is 72.3 cm³/mol. The van der Waals surface area contributed by atoms with Crippen LogP contribution in [0, 0.1) is 0 Å². The molecule has 3 nitrogen and oxygen atoms in total. The van der Waals surface area contributed by atoms with Gasteiger partial charge in [-0.25, -0.2) is 8.42 Å². The minimum absolute atomic E-state index is 0.365. The zero-order valence-corrected chi connectivity index (χ0v) is 12.2. The van der Waals surface area contributed by atoms with E-state index in [1.807, 2.05) is 0 Å². The molecule has 0 aliphatic carbocycles. The van der Waals surface area contributed by atoms with Crippen LogP contribution in [0.25, 0.3) is 0 Å². The van der Waals surface area contributed by atoms with Crippen LogP contribution in [0.4, 0.5) is 0 Å². The lowest BCUT2D eigenvalue weighted by Gasteiger charge is -2.30. The van der Waals surface area contributed by atoms with E-state index in [1.54, 1.807) is 32.0 Å². The maximum atomic E-state index is 11.7. The second-order valence-electron chi connectivity index (χ2n) is 4.53. The lowest BCUT2D eigenvalue weighted by molar-refractivity contribution is 0.496. The van der Waals surface area contributed by atoms with Gasteiger partial charge in [-0.15, -0.1) is 0 Å². The molecular formula is C11H15Cl2NO2S. The minimum Gasteiger partial charge on any atom is -0.323 e. The summed E-state index contributed by atoms with van der Waals surface area (Å²) in [6.45, 7) is 3.19. The molecule has 1 aromatic carbocycles. The molecule has 0 aliphatic heterocycles. The second-order valence-corrected chi connectivity index (χ2v) is 7.94. The number of rotatable bonds is 3. The number of hydrogen-bond acceptors (Lipinski definition) is 3. The fraction of sp³-hybridized carbons (Fsp3) is 0.455. The average molecular weight is 296 g/mol. The Morgan fingerprint density at radius 2 is 1.76 bits per heavy atom. The van der Waals surface area contributed by atoms with Gasteiger partial charge in [0.2, 0.25) is 0 Å². The van der Waals surface area contributed by atoms with Crippen LogP contribution in [0.3, 0.4) is 0 Å². The minimum atomic E-state index is -3.27. The summed E-state index contributed by atoms with van der Waals surface area (Å²) >= 11 is 11.7. The van der Waals surface area contributed by atoms with Crippen LogP contribution in [0.2, 0.25) is 10.0 Å². The topological polar surface area (TPSA) is 60.2 Å². The Morgan fingerprint density at radius 3 is 2.18 bits per heavy atom. The van der Waals surface area contributed by atoms with Crippen molar-refractivity contribution in [3.05, 3.63) is 33.8 Å². The first kappa shape index (κ1) is 14.8. The Hall–Kier alpha value is -0.290. The molecule has 0 heterocycles. The third-order valence-electron chi connectivity index (χ3n) is 3.01. The van der Waals surface area contributed by atoms with E-state index in [0.29, 0.717) is 15.6 Å². The summed E-state index contributed by atoms with van der Waals surface area (Å²) in [5.41, 5.74) is 6.64. The fourth-order valence-electron chi connectivity index (χ4n) is 1.34. The zero-order valence-electron chi connectivity index (χ0n) is 9.87. The van der Waals surface area contributed by atoms with Crippen molar-refractivity contribution in [2.24, 2.45) is 5.73 Å². The van der Waals surface area contributed by atoms with Crippen LogP contribution in [0.5, 0.6) is 0 Å². The van der Waals surface area contributed by atoms with Crippen molar-refractivity contribution in [2.75, 3.05) is 6.26 Å². The van der Waals surface area contributed by atoms with Crippen LogP contribution in [0.15, 0.2) is 18.2 Å². The molecule has 0 saturated carbocycles. The van der Waals surface area contributed by atoms with Crippen molar-refractivity contribution in [1.29, 1.82) is 0 Å². The molecule has 6 heteroatoms. The molecule has 1 atom stereocenters. The van der Waals surface area contributed by atoms with Gasteiger partial charge in [0.15, 0.2) is 9.84 Å². The van der Waals surface area contributed by atoms with Gasteiger partial charge in [0.1, 0.15) is 0 Å². The van der Waals surface area contributed by atoms with Gasteiger partial charge in [-0.2, -0.15) is 0 Å². The summed E-state index contributed by atoms with van der Waals surface area (Å²) in [5, 5.41) is 0.781.